The molecule has 3 nitrogen and oxygen atoms in total. The fourth-order valence-corrected chi connectivity index (χ4v) is 3.55. The van der Waals surface area contributed by atoms with Crippen LogP contribution < -0.4 is 5.32 Å². The van der Waals surface area contributed by atoms with Crippen molar-refractivity contribution in [2.24, 2.45) is 0 Å². The Morgan fingerprint density at radius 2 is 1.96 bits per heavy atom. The maximum atomic E-state index is 13.3. The third-order valence-electron chi connectivity index (χ3n) is 4.89. The van der Waals surface area contributed by atoms with Crippen molar-refractivity contribution in [2.75, 3.05) is 13.1 Å². The highest BCUT2D eigenvalue weighted by atomic mass is 19.1. The average molecular weight is 340 g/mol. The molecule has 0 radical (unpaired) electrons. The first-order valence-corrected chi connectivity index (χ1v) is 8.94. The van der Waals surface area contributed by atoms with Crippen LogP contribution in [0.3, 0.4) is 0 Å². The third-order valence-corrected chi connectivity index (χ3v) is 4.89. The first-order valence-electron chi connectivity index (χ1n) is 8.94. The predicted octanol–water partition coefficient (Wildman–Crippen LogP) is 4.10. The zero-order chi connectivity index (χ0) is 17.8. The summed E-state index contributed by atoms with van der Waals surface area (Å²) < 4.78 is 13.3. The lowest BCUT2D eigenvalue weighted by Crippen LogP contribution is -2.43. The third kappa shape index (κ3) is 4.26. The second kappa shape index (κ2) is 7.79. The molecule has 0 saturated carbocycles. The van der Waals surface area contributed by atoms with Gasteiger partial charge < -0.3 is 5.32 Å². The lowest BCUT2D eigenvalue weighted by molar-refractivity contribution is 0.0935. The smallest absolute Gasteiger partial charge is 0.251 e. The number of nitrogens with one attached hydrogen (secondary N) is 1. The first kappa shape index (κ1) is 17.6. The molecule has 0 bridgehead atoms. The number of carbonyl (C=O) groups is 1. The number of likely N-dealkylation sites (tertiary alicyclic amines) is 1. The molecule has 0 spiro atoms. The zero-order valence-electron chi connectivity index (χ0n) is 14.8. The van der Waals surface area contributed by atoms with E-state index in [9.17, 15) is 9.18 Å². The standard InChI is InChI=1S/C21H25FN2O/c1-15(2)24-12-4-7-20(24)14-23-21(25)17-10-8-16(9-11-17)18-5-3-6-19(22)13-18/h3,5-6,8-11,13,15,20H,4,7,12,14H2,1-2H3,(H,23,25). The Hall–Kier alpha value is -2.20. The quantitative estimate of drug-likeness (QED) is 0.889. The fourth-order valence-electron chi connectivity index (χ4n) is 3.55. The molecule has 1 amide bonds. The average Bonchev–Trinajstić information content (AvgIpc) is 3.09. The summed E-state index contributed by atoms with van der Waals surface area (Å²) in [7, 11) is 0. The molecular weight excluding hydrogens is 315 g/mol. The molecule has 4 heteroatoms. The van der Waals surface area contributed by atoms with Crippen LogP contribution in [-0.2, 0) is 0 Å². The lowest BCUT2D eigenvalue weighted by atomic mass is 10.0. The van der Waals surface area contributed by atoms with Gasteiger partial charge in [-0.3, -0.25) is 9.69 Å². The Labute approximate surface area is 148 Å². The normalized spacial score (nSPS) is 17.8. The van der Waals surface area contributed by atoms with Crippen molar-refractivity contribution in [2.45, 2.75) is 38.8 Å². The molecule has 1 aliphatic heterocycles. The maximum Gasteiger partial charge on any atom is 0.251 e. The molecule has 2 aromatic rings. The van der Waals surface area contributed by atoms with Gasteiger partial charge >= 0.3 is 0 Å². The molecule has 1 fully saturated rings. The lowest BCUT2D eigenvalue weighted by Gasteiger charge is -2.28. The molecule has 3 rings (SSSR count). The van der Waals surface area contributed by atoms with E-state index in [1.165, 1.54) is 18.6 Å². The summed E-state index contributed by atoms with van der Waals surface area (Å²) in [5, 5.41) is 3.05. The van der Waals surface area contributed by atoms with Gasteiger partial charge in [-0.1, -0.05) is 24.3 Å². The molecule has 1 saturated heterocycles. The van der Waals surface area contributed by atoms with Crippen molar-refractivity contribution in [1.82, 2.24) is 10.2 Å². The zero-order valence-corrected chi connectivity index (χ0v) is 14.8. The highest BCUT2D eigenvalue weighted by Crippen LogP contribution is 2.21. The van der Waals surface area contributed by atoms with E-state index in [0.717, 1.165) is 24.1 Å². The van der Waals surface area contributed by atoms with Crippen LogP contribution in [0.2, 0.25) is 0 Å². The van der Waals surface area contributed by atoms with Crippen LogP contribution in [-0.4, -0.2) is 36.0 Å². The molecule has 1 atom stereocenters. The molecule has 1 N–H and O–H groups in total. The van der Waals surface area contributed by atoms with E-state index in [4.69, 9.17) is 0 Å². The minimum atomic E-state index is -0.259. The SMILES string of the molecule is CC(C)N1CCCC1CNC(=O)c1ccc(-c2cccc(F)c2)cc1. The number of hydrogen-bond donors (Lipinski definition) is 1. The van der Waals surface area contributed by atoms with Crippen LogP contribution in [0.1, 0.15) is 37.0 Å². The largest absolute Gasteiger partial charge is 0.350 e. The van der Waals surface area contributed by atoms with Gasteiger partial charge in [0.25, 0.3) is 5.91 Å². The van der Waals surface area contributed by atoms with Crippen LogP contribution in [0.15, 0.2) is 48.5 Å². The molecule has 132 valence electrons. The van der Waals surface area contributed by atoms with Crippen molar-refractivity contribution >= 4 is 5.91 Å². The Balaban J connectivity index is 1.61. The van der Waals surface area contributed by atoms with Crippen LogP contribution in [0, 0.1) is 5.82 Å². The van der Waals surface area contributed by atoms with Crippen molar-refractivity contribution in [3.63, 3.8) is 0 Å². The molecule has 0 aromatic heterocycles. The van der Waals surface area contributed by atoms with Crippen molar-refractivity contribution < 1.29 is 9.18 Å². The van der Waals surface area contributed by atoms with Gasteiger partial charge in [0.05, 0.1) is 0 Å². The van der Waals surface area contributed by atoms with E-state index in [1.54, 1.807) is 18.2 Å². The number of nitrogens with zero attached hydrogens (tertiary/aromatic N) is 1. The summed E-state index contributed by atoms with van der Waals surface area (Å²) in [5.74, 6) is -0.313. The van der Waals surface area contributed by atoms with E-state index in [2.05, 4.69) is 24.1 Å². The Morgan fingerprint density at radius 1 is 1.20 bits per heavy atom. The number of hydrogen-bond acceptors (Lipinski definition) is 2. The number of carbonyl (C=O) groups excluding carboxylic acids is 1. The second-order valence-electron chi connectivity index (χ2n) is 6.93. The summed E-state index contributed by atoms with van der Waals surface area (Å²) >= 11 is 0. The Morgan fingerprint density at radius 3 is 2.64 bits per heavy atom. The van der Waals surface area contributed by atoms with Gasteiger partial charge in [0, 0.05) is 24.2 Å². The van der Waals surface area contributed by atoms with Crippen LogP contribution in [0.25, 0.3) is 11.1 Å². The minimum Gasteiger partial charge on any atom is -0.350 e. The predicted molar refractivity (Wildman–Crippen MR) is 99.0 cm³/mol. The number of rotatable bonds is 5. The van der Waals surface area contributed by atoms with Gasteiger partial charge in [0.1, 0.15) is 5.82 Å². The Kier molecular flexibility index (Phi) is 5.49. The second-order valence-corrected chi connectivity index (χ2v) is 6.93. The summed E-state index contributed by atoms with van der Waals surface area (Å²) in [4.78, 5) is 14.8. The number of benzene rings is 2. The fraction of sp³-hybridized carbons (Fsp3) is 0.381. The monoisotopic (exact) mass is 340 g/mol. The minimum absolute atomic E-state index is 0.0543. The van der Waals surface area contributed by atoms with Crippen molar-refractivity contribution in [3.05, 3.63) is 59.9 Å². The topological polar surface area (TPSA) is 32.3 Å². The molecule has 1 aliphatic rings. The van der Waals surface area contributed by atoms with E-state index >= 15 is 0 Å². The molecule has 2 aromatic carbocycles. The molecule has 1 heterocycles. The number of halogens is 1. The highest BCUT2D eigenvalue weighted by molar-refractivity contribution is 5.94. The van der Waals surface area contributed by atoms with Crippen molar-refractivity contribution in [1.29, 1.82) is 0 Å². The maximum absolute atomic E-state index is 13.3. The summed E-state index contributed by atoms with van der Waals surface area (Å²) in [6, 6.07) is 14.7. The molecule has 25 heavy (non-hydrogen) atoms. The van der Waals surface area contributed by atoms with Gasteiger partial charge in [-0.05, 0) is 68.6 Å². The summed E-state index contributed by atoms with van der Waals surface area (Å²) in [5.41, 5.74) is 2.34. The first-order chi connectivity index (χ1) is 12.0. The van der Waals surface area contributed by atoms with Gasteiger partial charge in [-0.2, -0.15) is 0 Å². The van der Waals surface area contributed by atoms with E-state index in [0.29, 0.717) is 24.2 Å². The van der Waals surface area contributed by atoms with Crippen LogP contribution >= 0.6 is 0 Å². The molecule has 1 unspecified atom stereocenters. The van der Waals surface area contributed by atoms with Crippen LogP contribution in [0.4, 0.5) is 4.39 Å². The number of amides is 1. The molecule has 0 aliphatic carbocycles. The molecular formula is C21H25FN2O. The van der Waals surface area contributed by atoms with Crippen LogP contribution in [0.5, 0.6) is 0 Å². The van der Waals surface area contributed by atoms with Gasteiger partial charge in [0.15, 0.2) is 0 Å². The van der Waals surface area contributed by atoms with E-state index in [1.807, 2.05) is 18.2 Å². The van der Waals surface area contributed by atoms with Gasteiger partial charge in [-0.25, -0.2) is 4.39 Å². The van der Waals surface area contributed by atoms with E-state index < -0.39 is 0 Å². The van der Waals surface area contributed by atoms with Gasteiger partial charge in [-0.15, -0.1) is 0 Å². The Bertz CT molecular complexity index is 727. The van der Waals surface area contributed by atoms with Gasteiger partial charge in [0.2, 0.25) is 0 Å². The van der Waals surface area contributed by atoms with Crippen molar-refractivity contribution in [3.8, 4) is 11.1 Å². The van der Waals surface area contributed by atoms with E-state index in [-0.39, 0.29) is 11.7 Å². The highest BCUT2D eigenvalue weighted by Gasteiger charge is 2.26. The summed E-state index contributed by atoms with van der Waals surface area (Å²) in [6.07, 6.45) is 2.33. The summed E-state index contributed by atoms with van der Waals surface area (Å²) in [6.45, 7) is 6.19.